The van der Waals surface area contributed by atoms with Crippen molar-refractivity contribution in [1.29, 1.82) is 5.26 Å². The summed E-state index contributed by atoms with van der Waals surface area (Å²) >= 11 is 0. The van der Waals surface area contributed by atoms with Crippen LogP contribution in [0.4, 0.5) is 4.79 Å². The fourth-order valence-electron chi connectivity index (χ4n) is 3.86. The van der Waals surface area contributed by atoms with Crippen LogP contribution in [0.1, 0.15) is 12.0 Å². The maximum Gasteiger partial charge on any atom is 0.407 e. The highest BCUT2D eigenvalue weighted by molar-refractivity contribution is 5.65. The summed E-state index contributed by atoms with van der Waals surface area (Å²) in [5.74, 6) is 1.32. The Morgan fingerprint density at radius 2 is 1.88 bits per heavy atom. The van der Waals surface area contributed by atoms with Crippen LogP contribution in [0.2, 0.25) is 0 Å². The molecule has 2 fully saturated rings. The van der Waals surface area contributed by atoms with E-state index in [4.69, 9.17) is 15.1 Å². The lowest BCUT2D eigenvalue weighted by Gasteiger charge is -2.45. The number of fused-ring (bicyclic) bond motifs is 2. The molecule has 1 amide bonds. The number of aliphatic hydroxyl groups excluding tert-OH is 1. The van der Waals surface area contributed by atoms with E-state index in [0.717, 1.165) is 19.5 Å². The predicted octanol–water partition coefficient (Wildman–Crippen LogP) is 1.23. The molecule has 0 radical (unpaired) electrons. The molecule has 1 aromatic carbocycles. The number of nitrogens with zero attached hydrogens (tertiary/aromatic N) is 3. The summed E-state index contributed by atoms with van der Waals surface area (Å²) in [6, 6.07) is 8.85. The van der Waals surface area contributed by atoms with Crippen LogP contribution in [0.25, 0.3) is 0 Å². The molecule has 2 N–H and O–H groups in total. The van der Waals surface area contributed by atoms with Gasteiger partial charge in [-0.1, -0.05) is 0 Å². The van der Waals surface area contributed by atoms with Gasteiger partial charge in [-0.2, -0.15) is 5.26 Å². The lowest BCUT2D eigenvalue weighted by atomic mass is 9.85. The number of aliphatic hydroxyl groups is 1. The fraction of sp³-hybridized carbons (Fsp3) is 0.556. The quantitative estimate of drug-likeness (QED) is 0.833. The number of amides is 1. The average Bonchev–Trinajstić information content (AvgIpc) is 2.59. The van der Waals surface area contributed by atoms with Crippen molar-refractivity contribution in [2.75, 3.05) is 39.3 Å². The molecule has 0 spiro atoms. The number of rotatable bonds is 5. The maximum atomic E-state index is 11.1. The van der Waals surface area contributed by atoms with E-state index < -0.39 is 12.2 Å². The molecule has 0 saturated carbocycles. The van der Waals surface area contributed by atoms with Crippen molar-refractivity contribution in [3.63, 3.8) is 0 Å². The molecular formula is C18H23N3O4. The van der Waals surface area contributed by atoms with Gasteiger partial charge in [-0.05, 0) is 42.5 Å². The number of piperidine rings is 2. The molecule has 2 aliphatic rings. The molecule has 1 aromatic rings. The van der Waals surface area contributed by atoms with Gasteiger partial charge in [0.2, 0.25) is 0 Å². The number of hydrogen-bond acceptors (Lipinski definition) is 5. The van der Waals surface area contributed by atoms with E-state index in [1.54, 1.807) is 24.3 Å². The van der Waals surface area contributed by atoms with Crippen LogP contribution < -0.4 is 4.74 Å². The van der Waals surface area contributed by atoms with Crippen molar-refractivity contribution in [3.8, 4) is 11.8 Å². The van der Waals surface area contributed by atoms with Gasteiger partial charge in [0.1, 0.15) is 18.5 Å². The van der Waals surface area contributed by atoms with Gasteiger partial charge in [-0.3, -0.25) is 4.90 Å². The first-order chi connectivity index (χ1) is 12.0. The predicted molar refractivity (Wildman–Crippen MR) is 90.3 cm³/mol. The van der Waals surface area contributed by atoms with Crippen molar-refractivity contribution in [2.45, 2.75) is 12.5 Å². The van der Waals surface area contributed by atoms with Crippen LogP contribution in [0.5, 0.6) is 5.75 Å². The van der Waals surface area contributed by atoms with E-state index in [1.807, 2.05) is 0 Å². The van der Waals surface area contributed by atoms with Crippen LogP contribution >= 0.6 is 0 Å². The van der Waals surface area contributed by atoms with Crippen molar-refractivity contribution in [2.24, 2.45) is 11.8 Å². The van der Waals surface area contributed by atoms with Gasteiger partial charge >= 0.3 is 6.09 Å². The van der Waals surface area contributed by atoms with E-state index >= 15 is 0 Å². The molecule has 3 rings (SSSR count). The Morgan fingerprint density at radius 1 is 1.24 bits per heavy atom. The Kier molecular flexibility index (Phi) is 5.41. The van der Waals surface area contributed by atoms with E-state index in [9.17, 15) is 9.90 Å². The molecule has 2 aliphatic heterocycles. The zero-order chi connectivity index (χ0) is 17.8. The zero-order valence-electron chi connectivity index (χ0n) is 14.0. The number of carbonyl (C=O) groups is 1. The van der Waals surface area contributed by atoms with Gasteiger partial charge in [-0.15, -0.1) is 0 Å². The molecule has 7 heteroatoms. The van der Waals surface area contributed by atoms with Gasteiger partial charge in [0, 0.05) is 32.7 Å². The lowest BCUT2D eigenvalue weighted by molar-refractivity contribution is 0.00339. The smallest absolute Gasteiger partial charge is 0.407 e. The third kappa shape index (κ3) is 4.62. The van der Waals surface area contributed by atoms with Crippen LogP contribution in [0, 0.1) is 23.2 Å². The standard InChI is InChI=1S/C18H23N3O4/c19-6-13-1-3-17(4-2-13)25-12-16(22)11-20-7-14-5-15(8-20)10-21(9-14)18(23)24/h1-4,14-16,22H,5,7-12H2,(H,23,24). The SMILES string of the molecule is N#Cc1ccc(OCC(O)CN2CC3CC(C2)CN(C(=O)O)C3)cc1. The minimum absolute atomic E-state index is 0.193. The number of carboxylic acid groups (broad SMARTS) is 1. The molecule has 25 heavy (non-hydrogen) atoms. The van der Waals surface area contributed by atoms with Gasteiger partial charge in [0.05, 0.1) is 11.6 Å². The largest absolute Gasteiger partial charge is 0.491 e. The van der Waals surface area contributed by atoms with Crippen molar-refractivity contribution in [1.82, 2.24) is 9.80 Å². The van der Waals surface area contributed by atoms with Gasteiger partial charge in [0.25, 0.3) is 0 Å². The Balaban J connectivity index is 1.45. The van der Waals surface area contributed by atoms with E-state index in [-0.39, 0.29) is 6.61 Å². The highest BCUT2D eigenvalue weighted by atomic mass is 16.5. The summed E-state index contributed by atoms with van der Waals surface area (Å²) in [6.45, 7) is 3.51. The number of benzene rings is 1. The zero-order valence-corrected chi connectivity index (χ0v) is 14.0. The van der Waals surface area contributed by atoms with E-state index in [1.165, 1.54) is 4.90 Å². The number of hydrogen-bond donors (Lipinski definition) is 2. The van der Waals surface area contributed by atoms with Crippen molar-refractivity contribution < 1.29 is 19.7 Å². The van der Waals surface area contributed by atoms with E-state index in [2.05, 4.69) is 11.0 Å². The summed E-state index contributed by atoms with van der Waals surface area (Å²) in [5, 5.41) is 28.2. The topological polar surface area (TPSA) is 97.0 Å². The number of likely N-dealkylation sites (tertiary alicyclic amines) is 2. The van der Waals surface area contributed by atoms with E-state index in [0.29, 0.717) is 42.8 Å². The second-order valence-electron chi connectivity index (χ2n) is 6.97. The maximum absolute atomic E-state index is 11.1. The number of nitriles is 1. The second kappa shape index (κ2) is 7.72. The number of β-amino-alcohol motifs (C(OH)–C–C–N with tert-alkyl or cyclic N) is 1. The Labute approximate surface area is 147 Å². The summed E-state index contributed by atoms with van der Waals surface area (Å²) in [4.78, 5) is 14.9. The fourth-order valence-corrected chi connectivity index (χ4v) is 3.86. The molecule has 2 heterocycles. The summed E-state index contributed by atoms with van der Waals surface area (Å²) in [7, 11) is 0. The van der Waals surface area contributed by atoms with Gasteiger partial charge in [-0.25, -0.2) is 4.79 Å². The molecule has 0 aliphatic carbocycles. The molecule has 134 valence electrons. The average molecular weight is 345 g/mol. The highest BCUT2D eigenvalue weighted by Crippen LogP contribution is 2.28. The Bertz CT molecular complexity index is 629. The highest BCUT2D eigenvalue weighted by Gasteiger charge is 2.36. The second-order valence-corrected chi connectivity index (χ2v) is 6.97. The monoisotopic (exact) mass is 345 g/mol. The minimum atomic E-state index is -0.834. The Hall–Kier alpha value is -2.30. The normalized spacial score (nSPS) is 24.4. The lowest BCUT2D eigenvalue weighted by Crippen LogP contribution is -2.55. The molecule has 0 aromatic heterocycles. The molecular weight excluding hydrogens is 322 g/mol. The first kappa shape index (κ1) is 17.5. The molecule has 7 nitrogen and oxygen atoms in total. The first-order valence-corrected chi connectivity index (χ1v) is 8.54. The summed E-state index contributed by atoms with van der Waals surface area (Å²) in [6.07, 6.45) is -0.373. The summed E-state index contributed by atoms with van der Waals surface area (Å²) in [5.41, 5.74) is 0.572. The summed E-state index contributed by atoms with van der Waals surface area (Å²) < 4.78 is 5.58. The molecule has 2 saturated heterocycles. The third-order valence-corrected chi connectivity index (χ3v) is 4.82. The molecule has 2 bridgehead atoms. The van der Waals surface area contributed by atoms with Crippen LogP contribution in [0.3, 0.4) is 0 Å². The molecule has 3 atom stereocenters. The van der Waals surface area contributed by atoms with Gasteiger partial charge < -0.3 is 19.8 Å². The van der Waals surface area contributed by atoms with Crippen LogP contribution in [0.15, 0.2) is 24.3 Å². The van der Waals surface area contributed by atoms with Crippen LogP contribution in [-0.2, 0) is 0 Å². The van der Waals surface area contributed by atoms with Crippen molar-refractivity contribution in [3.05, 3.63) is 29.8 Å². The minimum Gasteiger partial charge on any atom is -0.491 e. The first-order valence-electron chi connectivity index (χ1n) is 8.54. The molecule has 3 unspecified atom stereocenters. The van der Waals surface area contributed by atoms with Crippen LogP contribution in [-0.4, -0.2) is 71.5 Å². The van der Waals surface area contributed by atoms with Gasteiger partial charge in [0.15, 0.2) is 0 Å². The number of ether oxygens (including phenoxy) is 1. The Morgan fingerprint density at radius 3 is 2.44 bits per heavy atom. The third-order valence-electron chi connectivity index (χ3n) is 4.82. The van der Waals surface area contributed by atoms with Crippen molar-refractivity contribution >= 4 is 6.09 Å².